The van der Waals surface area contributed by atoms with Gasteiger partial charge in [-0.05, 0) is 59.7 Å². The first-order valence-corrected chi connectivity index (χ1v) is 11.3. The van der Waals surface area contributed by atoms with E-state index >= 15 is 0 Å². The maximum atomic E-state index is 12.3. The van der Waals surface area contributed by atoms with E-state index < -0.39 is 0 Å². The van der Waals surface area contributed by atoms with Crippen LogP contribution in [0.3, 0.4) is 0 Å². The Labute approximate surface area is 183 Å². The van der Waals surface area contributed by atoms with Crippen molar-refractivity contribution < 1.29 is 9.53 Å². The largest absolute Gasteiger partial charge is 0.494 e. The van der Waals surface area contributed by atoms with Crippen molar-refractivity contribution in [3.05, 3.63) is 65.2 Å². The quantitative estimate of drug-likeness (QED) is 0.344. The van der Waals surface area contributed by atoms with Gasteiger partial charge in [-0.3, -0.25) is 4.79 Å². The van der Waals surface area contributed by atoms with Crippen LogP contribution < -0.4 is 10.1 Å². The second-order valence-corrected chi connectivity index (χ2v) is 8.81. The van der Waals surface area contributed by atoms with Gasteiger partial charge in [0.1, 0.15) is 5.75 Å². The zero-order valence-electron chi connectivity index (χ0n) is 17.8. The van der Waals surface area contributed by atoms with Crippen LogP contribution in [-0.2, 0) is 11.2 Å². The van der Waals surface area contributed by atoms with Crippen LogP contribution in [0.15, 0.2) is 58.7 Å². The van der Waals surface area contributed by atoms with Crippen molar-refractivity contribution in [3.63, 3.8) is 0 Å². The summed E-state index contributed by atoms with van der Waals surface area (Å²) in [5.74, 6) is 1.34. The Balaban J connectivity index is 1.52. The van der Waals surface area contributed by atoms with Gasteiger partial charge in [-0.15, -0.1) is 5.10 Å². The van der Waals surface area contributed by atoms with Gasteiger partial charge in [0.05, 0.1) is 18.1 Å². The SMILES string of the molecule is CCCCOc1ccc(C=NN=C2NC(=O)C(Cc3ccc(C(C)C)cc3)S2)cc1. The molecule has 1 atom stereocenters. The molecule has 2 aromatic rings. The number of amidine groups is 1. The number of amides is 1. The summed E-state index contributed by atoms with van der Waals surface area (Å²) in [4.78, 5) is 12.3. The second-order valence-electron chi connectivity index (χ2n) is 7.62. The number of ether oxygens (including phenoxy) is 1. The van der Waals surface area contributed by atoms with Crippen LogP contribution in [0, 0.1) is 0 Å². The Morgan fingerprint density at radius 2 is 1.87 bits per heavy atom. The Morgan fingerprint density at radius 1 is 1.13 bits per heavy atom. The maximum Gasteiger partial charge on any atom is 0.239 e. The Hall–Kier alpha value is -2.60. The molecule has 1 unspecified atom stereocenters. The third-order valence-corrected chi connectivity index (χ3v) is 5.92. The highest BCUT2D eigenvalue weighted by Crippen LogP contribution is 2.24. The van der Waals surface area contributed by atoms with Gasteiger partial charge in [0.15, 0.2) is 5.17 Å². The average Bonchev–Trinajstić information content (AvgIpc) is 3.09. The van der Waals surface area contributed by atoms with E-state index in [9.17, 15) is 4.79 Å². The molecule has 3 rings (SSSR count). The van der Waals surface area contributed by atoms with E-state index in [1.807, 2.05) is 24.3 Å². The fourth-order valence-corrected chi connectivity index (χ4v) is 3.94. The third kappa shape index (κ3) is 6.46. The summed E-state index contributed by atoms with van der Waals surface area (Å²) < 4.78 is 5.65. The van der Waals surface area contributed by atoms with Gasteiger partial charge >= 0.3 is 0 Å². The predicted octanol–water partition coefficient (Wildman–Crippen LogP) is 5.15. The number of unbranched alkanes of at least 4 members (excludes halogenated alkanes) is 1. The van der Waals surface area contributed by atoms with E-state index in [1.165, 1.54) is 17.3 Å². The lowest BCUT2D eigenvalue weighted by atomic mass is 10.0. The minimum absolute atomic E-state index is 0.0181. The normalized spacial score (nSPS) is 17.8. The van der Waals surface area contributed by atoms with Gasteiger partial charge in [0.25, 0.3) is 0 Å². The Bertz CT molecular complexity index is 890. The molecule has 1 heterocycles. The molecule has 1 fully saturated rings. The van der Waals surface area contributed by atoms with Gasteiger partial charge in [0.2, 0.25) is 5.91 Å². The van der Waals surface area contributed by atoms with Gasteiger partial charge in [0, 0.05) is 0 Å². The molecule has 1 amide bonds. The van der Waals surface area contributed by atoms with Crippen LogP contribution in [0.5, 0.6) is 5.75 Å². The van der Waals surface area contributed by atoms with E-state index in [0.29, 0.717) is 17.5 Å². The Kier molecular flexibility index (Phi) is 8.08. The highest BCUT2D eigenvalue weighted by molar-refractivity contribution is 8.15. The summed E-state index contributed by atoms with van der Waals surface area (Å²) in [7, 11) is 0. The summed E-state index contributed by atoms with van der Waals surface area (Å²) in [6, 6.07) is 16.2. The molecule has 0 spiro atoms. The zero-order valence-corrected chi connectivity index (χ0v) is 18.6. The molecule has 0 radical (unpaired) electrons. The van der Waals surface area contributed by atoms with Crippen LogP contribution >= 0.6 is 11.8 Å². The predicted molar refractivity (Wildman–Crippen MR) is 126 cm³/mol. The standard InChI is InChI=1S/C24H29N3O2S/c1-4-5-14-29-21-12-8-19(9-13-21)16-25-27-24-26-23(28)22(30-24)15-18-6-10-20(11-7-18)17(2)3/h6-13,16-17,22H,4-5,14-15H2,1-3H3,(H,26,27,28). The summed E-state index contributed by atoms with van der Waals surface area (Å²) in [6.07, 6.45) is 4.52. The average molecular weight is 424 g/mol. The van der Waals surface area contributed by atoms with Crippen molar-refractivity contribution in [2.45, 2.75) is 51.2 Å². The van der Waals surface area contributed by atoms with Gasteiger partial charge in [-0.25, -0.2) is 0 Å². The summed E-state index contributed by atoms with van der Waals surface area (Å²) in [5, 5.41) is 11.5. The lowest BCUT2D eigenvalue weighted by Gasteiger charge is -2.08. The second kappa shape index (κ2) is 11.0. The fraction of sp³-hybridized carbons (Fsp3) is 0.375. The van der Waals surface area contributed by atoms with E-state index in [-0.39, 0.29) is 11.2 Å². The van der Waals surface area contributed by atoms with E-state index in [1.54, 1.807) is 6.21 Å². The van der Waals surface area contributed by atoms with Crippen molar-refractivity contribution in [2.75, 3.05) is 6.61 Å². The smallest absolute Gasteiger partial charge is 0.239 e. The number of hydrogen-bond acceptors (Lipinski definition) is 5. The molecule has 2 aromatic carbocycles. The molecule has 158 valence electrons. The summed E-state index contributed by atoms with van der Waals surface area (Å²) in [6.45, 7) is 7.22. The van der Waals surface area contributed by atoms with Crippen molar-refractivity contribution in [1.29, 1.82) is 0 Å². The number of rotatable bonds is 9. The molecule has 0 aromatic heterocycles. The highest BCUT2D eigenvalue weighted by Gasteiger charge is 2.30. The van der Waals surface area contributed by atoms with Crippen LogP contribution in [0.1, 0.15) is 56.2 Å². The van der Waals surface area contributed by atoms with E-state index in [4.69, 9.17) is 4.74 Å². The molecule has 1 aliphatic rings. The van der Waals surface area contributed by atoms with Crippen LogP contribution in [0.2, 0.25) is 0 Å². The summed E-state index contributed by atoms with van der Waals surface area (Å²) in [5.41, 5.74) is 3.38. The van der Waals surface area contributed by atoms with Crippen LogP contribution in [0.4, 0.5) is 0 Å². The van der Waals surface area contributed by atoms with Crippen LogP contribution in [-0.4, -0.2) is 29.1 Å². The molecule has 5 nitrogen and oxygen atoms in total. The number of hydrogen-bond donors (Lipinski definition) is 1. The Morgan fingerprint density at radius 3 is 2.53 bits per heavy atom. The van der Waals surface area contributed by atoms with Gasteiger partial charge in [-0.2, -0.15) is 5.10 Å². The highest BCUT2D eigenvalue weighted by atomic mass is 32.2. The first kappa shape index (κ1) is 22.1. The van der Waals surface area contributed by atoms with Crippen molar-refractivity contribution in [2.24, 2.45) is 10.2 Å². The number of nitrogens with one attached hydrogen (secondary N) is 1. The lowest BCUT2D eigenvalue weighted by molar-refractivity contribution is -0.118. The number of carbonyl (C=O) groups is 1. The van der Waals surface area contributed by atoms with Crippen LogP contribution in [0.25, 0.3) is 0 Å². The maximum absolute atomic E-state index is 12.3. The molecule has 1 saturated heterocycles. The molecule has 30 heavy (non-hydrogen) atoms. The minimum Gasteiger partial charge on any atom is -0.494 e. The molecule has 1 N–H and O–H groups in total. The first-order valence-electron chi connectivity index (χ1n) is 10.5. The molecule has 0 bridgehead atoms. The van der Waals surface area contributed by atoms with Gasteiger partial charge in [-0.1, -0.05) is 63.2 Å². The van der Waals surface area contributed by atoms with Gasteiger partial charge < -0.3 is 10.1 Å². The van der Waals surface area contributed by atoms with E-state index in [2.05, 4.69) is 60.6 Å². The topological polar surface area (TPSA) is 63.1 Å². The number of nitrogens with zero attached hydrogens (tertiary/aromatic N) is 2. The van der Waals surface area contributed by atoms with Crippen molar-refractivity contribution in [3.8, 4) is 5.75 Å². The monoisotopic (exact) mass is 423 g/mol. The minimum atomic E-state index is -0.177. The zero-order chi connectivity index (χ0) is 21.3. The lowest BCUT2D eigenvalue weighted by Crippen LogP contribution is -2.25. The number of thioether (sulfide) groups is 1. The van der Waals surface area contributed by atoms with Crippen molar-refractivity contribution in [1.82, 2.24) is 5.32 Å². The first-order chi connectivity index (χ1) is 14.5. The molecule has 1 aliphatic heterocycles. The molecule has 0 saturated carbocycles. The van der Waals surface area contributed by atoms with E-state index in [0.717, 1.165) is 36.3 Å². The molecule has 6 heteroatoms. The molecular weight excluding hydrogens is 394 g/mol. The fourth-order valence-electron chi connectivity index (χ4n) is 2.97. The summed E-state index contributed by atoms with van der Waals surface area (Å²) >= 11 is 1.43. The molecular formula is C24H29N3O2S. The number of benzene rings is 2. The number of carbonyl (C=O) groups excluding carboxylic acids is 1. The molecule has 0 aliphatic carbocycles. The van der Waals surface area contributed by atoms with Crippen molar-refractivity contribution >= 4 is 29.1 Å². The third-order valence-electron chi connectivity index (χ3n) is 4.85.